The highest BCUT2D eigenvalue weighted by atomic mass is 32.2. The largest absolute Gasteiger partial charge is 0.444 e. The standard InChI is InChI=1S/C13H26N2O3S/c1-10(19(5)17)6-7-14-11-8-15(9-11)12(16)18-13(2,3)4/h10-11,14H,6-9H2,1-5H3. The van der Waals surface area contributed by atoms with Crippen molar-refractivity contribution in [3.05, 3.63) is 0 Å². The van der Waals surface area contributed by atoms with E-state index in [0.29, 0.717) is 19.1 Å². The van der Waals surface area contributed by atoms with Crippen molar-refractivity contribution in [2.75, 3.05) is 25.9 Å². The maximum atomic E-state index is 11.7. The monoisotopic (exact) mass is 290 g/mol. The molecule has 5 nitrogen and oxygen atoms in total. The topological polar surface area (TPSA) is 58.6 Å². The molecular weight excluding hydrogens is 264 g/mol. The zero-order valence-corrected chi connectivity index (χ0v) is 13.4. The van der Waals surface area contributed by atoms with E-state index < -0.39 is 16.4 Å². The Balaban J connectivity index is 2.13. The molecule has 6 heteroatoms. The van der Waals surface area contributed by atoms with Gasteiger partial charge in [-0.2, -0.15) is 0 Å². The average Bonchev–Trinajstić information content (AvgIpc) is 2.17. The zero-order valence-electron chi connectivity index (χ0n) is 12.6. The molecule has 0 saturated carbocycles. The van der Waals surface area contributed by atoms with Crippen LogP contribution in [0.15, 0.2) is 0 Å². The lowest BCUT2D eigenvalue weighted by atomic mass is 10.1. The fourth-order valence-corrected chi connectivity index (χ4v) is 2.19. The molecule has 0 aromatic carbocycles. The van der Waals surface area contributed by atoms with Gasteiger partial charge in [-0.3, -0.25) is 4.21 Å². The first-order valence-electron chi connectivity index (χ1n) is 6.72. The Hall–Kier alpha value is -0.620. The van der Waals surface area contributed by atoms with E-state index in [1.165, 1.54) is 0 Å². The molecule has 0 spiro atoms. The summed E-state index contributed by atoms with van der Waals surface area (Å²) in [6.45, 7) is 9.82. The van der Waals surface area contributed by atoms with Crippen LogP contribution in [-0.2, 0) is 15.5 Å². The lowest BCUT2D eigenvalue weighted by Crippen LogP contribution is -2.60. The van der Waals surface area contributed by atoms with Crippen LogP contribution in [0.4, 0.5) is 4.79 Å². The minimum absolute atomic E-state index is 0.217. The van der Waals surface area contributed by atoms with Gasteiger partial charge in [-0.15, -0.1) is 0 Å². The fraction of sp³-hybridized carbons (Fsp3) is 0.923. The average molecular weight is 290 g/mol. The third-order valence-corrected chi connectivity index (χ3v) is 4.45. The first kappa shape index (κ1) is 16.4. The number of amides is 1. The summed E-state index contributed by atoms with van der Waals surface area (Å²) in [6, 6.07) is 0.338. The minimum Gasteiger partial charge on any atom is -0.444 e. The highest BCUT2D eigenvalue weighted by Crippen LogP contribution is 2.15. The van der Waals surface area contributed by atoms with Crippen LogP contribution in [-0.4, -0.2) is 58.0 Å². The van der Waals surface area contributed by atoms with Crippen LogP contribution in [0, 0.1) is 0 Å². The number of carbonyl (C=O) groups is 1. The summed E-state index contributed by atoms with van der Waals surface area (Å²) in [5, 5.41) is 3.59. The van der Waals surface area contributed by atoms with Gasteiger partial charge in [-0.05, 0) is 33.7 Å². The fourth-order valence-electron chi connectivity index (χ4n) is 1.74. The molecule has 0 aliphatic carbocycles. The highest BCUT2D eigenvalue weighted by Gasteiger charge is 2.33. The maximum absolute atomic E-state index is 11.7. The predicted molar refractivity (Wildman–Crippen MR) is 77.7 cm³/mol. The van der Waals surface area contributed by atoms with Gasteiger partial charge in [0.1, 0.15) is 5.60 Å². The van der Waals surface area contributed by atoms with Crippen molar-refractivity contribution in [2.24, 2.45) is 0 Å². The molecule has 0 aromatic rings. The summed E-state index contributed by atoms with van der Waals surface area (Å²) in [6.07, 6.45) is 2.39. The molecule has 0 radical (unpaired) electrons. The van der Waals surface area contributed by atoms with Crippen molar-refractivity contribution in [3.63, 3.8) is 0 Å². The van der Waals surface area contributed by atoms with Crippen LogP contribution in [0.5, 0.6) is 0 Å². The van der Waals surface area contributed by atoms with Crippen molar-refractivity contribution in [1.82, 2.24) is 10.2 Å². The molecular formula is C13H26N2O3S. The molecule has 112 valence electrons. The molecule has 1 aliphatic rings. The highest BCUT2D eigenvalue weighted by molar-refractivity contribution is 7.84. The van der Waals surface area contributed by atoms with Gasteiger partial charge in [-0.1, -0.05) is 6.92 Å². The van der Waals surface area contributed by atoms with Gasteiger partial charge >= 0.3 is 6.09 Å². The van der Waals surface area contributed by atoms with Crippen molar-refractivity contribution in [1.29, 1.82) is 0 Å². The van der Waals surface area contributed by atoms with E-state index in [1.54, 1.807) is 11.2 Å². The van der Waals surface area contributed by atoms with E-state index >= 15 is 0 Å². The Morgan fingerprint density at radius 3 is 2.53 bits per heavy atom. The van der Waals surface area contributed by atoms with Crippen molar-refractivity contribution in [2.45, 2.75) is 51.0 Å². The van der Waals surface area contributed by atoms with Crippen LogP contribution in [0.2, 0.25) is 0 Å². The Morgan fingerprint density at radius 1 is 1.47 bits per heavy atom. The van der Waals surface area contributed by atoms with E-state index in [9.17, 15) is 9.00 Å². The van der Waals surface area contributed by atoms with Gasteiger partial charge in [0.25, 0.3) is 0 Å². The number of hydrogen-bond acceptors (Lipinski definition) is 4. The Morgan fingerprint density at radius 2 is 2.05 bits per heavy atom. The van der Waals surface area contributed by atoms with E-state index in [0.717, 1.165) is 13.0 Å². The second kappa shape index (κ2) is 6.70. The quantitative estimate of drug-likeness (QED) is 0.830. The lowest BCUT2D eigenvalue weighted by Gasteiger charge is -2.40. The van der Waals surface area contributed by atoms with Gasteiger partial charge in [0.05, 0.1) is 0 Å². The van der Waals surface area contributed by atoms with Crippen LogP contribution in [0.1, 0.15) is 34.1 Å². The van der Waals surface area contributed by atoms with E-state index in [4.69, 9.17) is 4.74 Å². The Kier molecular flexibility index (Phi) is 5.80. The Labute approximate surface area is 118 Å². The van der Waals surface area contributed by atoms with Gasteiger partial charge in [0.2, 0.25) is 0 Å². The molecule has 1 aliphatic heterocycles. The smallest absolute Gasteiger partial charge is 0.410 e. The molecule has 1 amide bonds. The first-order chi connectivity index (χ1) is 8.69. The molecule has 2 atom stereocenters. The molecule has 1 N–H and O–H groups in total. The number of nitrogens with zero attached hydrogens (tertiary/aromatic N) is 1. The lowest BCUT2D eigenvalue weighted by molar-refractivity contribution is 0.00537. The number of likely N-dealkylation sites (tertiary alicyclic amines) is 1. The number of nitrogens with one attached hydrogen (secondary N) is 1. The summed E-state index contributed by atoms with van der Waals surface area (Å²) in [4.78, 5) is 13.4. The maximum Gasteiger partial charge on any atom is 0.410 e. The van der Waals surface area contributed by atoms with Crippen LogP contribution in [0.3, 0.4) is 0 Å². The van der Waals surface area contributed by atoms with E-state index in [-0.39, 0.29) is 11.3 Å². The van der Waals surface area contributed by atoms with Crippen molar-refractivity contribution >= 4 is 16.9 Å². The Bertz CT molecular complexity index is 335. The number of ether oxygens (including phenoxy) is 1. The molecule has 1 saturated heterocycles. The number of carbonyl (C=O) groups excluding carboxylic acids is 1. The summed E-state index contributed by atoms with van der Waals surface area (Å²) < 4.78 is 16.5. The molecule has 0 aromatic heterocycles. The molecule has 1 rings (SSSR count). The summed E-state index contributed by atoms with van der Waals surface area (Å²) in [5.41, 5.74) is -0.434. The molecule has 19 heavy (non-hydrogen) atoms. The second-order valence-corrected chi connectivity index (χ2v) is 7.94. The van der Waals surface area contributed by atoms with Crippen LogP contribution >= 0.6 is 0 Å². The van der Waals surface area contributed by atoms with E-state index in [2.05, 4.69) is 5.32 Å². The predicted octanol–water partition coefficient (Wildman–Crippen LogP) is 1.35. The first-order valence-corrected chi connectivity index (χ1v) is 8.34. The SMILES string of the molecule is CC(CCNC1CN(C(=O)OC(C)(C)C)C1)S(C)=O. The summed E-state index contributed by atoms with van der Waals surface area (Å²) in [5.74, 6) is 0. The van der Waals surface area contributed by atoms with Crippen LogP contribution in [0.25, 0.3) is 0 Å². The molecule has 0 bridgehead atoms. The van der Waals surface area contributed by atoms with Crippen molar-refractivity contribution < 1.29 is 13.7 Å². The second-order valence-electron chi connectivity index (χ2n) is 6.13. The summed E-state index contributed by atoms with van der Waals surface area (Å²) in [7, 11) is -0.759. The van der Waals surface area contributed by atoms with Crippen LogP contribution < -0.4 is 5.32 Å². The van der Waals surface area contributed by atoms with E-state index in [1.807, 2.05) is 27.7 Å². The normalized spacial score (nSPS) is 19.7. The van der Waals surface area contributed by atoms with Gasteiger partial charge in [-0.25, -0.2) is 4.79 Å². The third kappa shape index (κ3) is 5.91. The molecule has 1 fully saturated rings. The molecule has 1 heterocycles. The van der Waals surface area contributed by atoms with Gasteiger partial charge in [0.15, 0.2) is 0 Å². The van der Waals surface area contributed by atoms with Gasteiger partial charge in [0, 0.05) is 41.4 Å². The minimum atomic E-state index is -0.759. The zero-order chi connectivity index (χ0) is 14.6. The number of hydrogen-bond donors (Lipinski definition) is 1. The van der Waals surface area contributed by atoms with Gasteiger partial charge < -0.3 is 15.0 Å². The summed E-state index contributed by atoms with van der Waals surface area (Å²) >= 11 is 0. The molecule has 2 unspecified atom stereocenters. The third-order valence-electron chi connectivity index (χ3n) is 3.08. The van der Waals surface area contributed by atoms with Crippen molar-refractivity contribution in [3.8, 4) is 0 Å². The number of rotatable bonds is 5.